The van der Waals surface area contributed by atoms with Gasteiger partial charge < -0.3 is 13.7 Å². The third kappa shape index (κ3) is 1.61. The maximum absolute atomic E-state index is 5.04. The number of rotatable bonds is 0. The molecule has 8 heavy (non-hydrogen) atoms. The summed E-state index contributed by atoms with van der Waals surface area (Å²) in [5, 5.41) is 0. The van der Waals surface area contributed by atoms with Crippen LogP contribution in [0.15, 0.2) is 0 Å². The van der Waals surface area contributed by atoms with Crippen LogP contribution in [0.25, 0.3) is 0 Å². The van der Waals surface area contributed by atoms with E-state index in [9.17, 15) is 0 Å². The fourth-order valence-corrected chi connectivity index (χ4v) is 0.579. The van der Waals surface area contributed by atoms with Crippen LogP contribution in [-0.4, -0.2) is 37.2 Å². The van der Waals surface area contributed by atoms with E-state index in [0.717, 1.165) is 0 Å². The lowest BCUT2D eigenvalue weighted by Gasteiger charge is -2.21. The minimum Gasteiger partial charge on any atom is -0.467 e. The summed E-state index contributed by atoms with van der Waals surface area (Å²) in [5.74, 6) is 0. The molecule has 0 aromatic heterocycles. The van der Waals surface area contributed by atoms with Gasteiger partial charge in [0.25, 0.3) is 0 Å². The van der Waals surface area contributed by atoms with Crippen molar-refractivity contribution in [2.24, 2.45) is 0 Å². The fourth-order valence-electron chi connectivity index (χ4n) is 0.579. The number of hydrogen-bond acceptors (Lipinski definition) is 3. The molecule has 0 aromatic carbocycles. The summed E-state index contributed by atoms with van der Waals surface area (Å²) in [6.07, 6.45) is 0. The van der Waals surface area contributed by atoms with E-state index in [0.29, 0.717) is 7.69 Å². The lowest BCUT2D eigenvalue weighted by Crippen LogP contribution is -2.43. The van der Waals surface area contributed by atoms with Gasteiger partial charge in [-0.05, 0) is 0 Å². The van der Waals surface area contributed by atoms with Crippen LogP contribution in [0.2, 0.25) is 0 Å². The van der Waals surface area contributed by atoms with Gasteiger partial charge in [-0.15, -0.1) is 0 Å². The molecule has 1 aliphatic heterocycles. The largest absolute Gasteiger partial charge is 0.467 e. The van der Waals surface area contributed by atoms with Crippen LogP contribution in [0, 0.1) is 0 Å². The average Bonchev–Trinajstić information content (AvgIpc) is 1.64. The highest BCUT2D eigenvalue weighted by Crippen LogP contribution is 1.94. The van der Waals surface area contributed by atoms with Gasteiger partial charge in [-0.1, -0.05) is 0 Å². The van der Waals surface area contributed by atoms with Crippen molar-refractivity contribution in [2.45, 2.75) is 0 Å². The molecule has 0 saturated carbocycles. The second-order valence-electron chi connectivity index (χ2n) is 1.72. The highest BCUT2D eigenvalue weighted by molar-refractivity contribution is 7.07. The van der Waals surface area contributed by atoms with E-state index in [1.54, 1.807) is 0 Å². The van der Waals surface area contributed by atoms with E-state index < -0.39 is 0 Å². The third-order valence-electron chi connectivity index (χ3n) is 0.989. The molecule has 0 aliphatic carbocycles. The first-order valence-corrected chi connectivity index (χ1v) is 2.67. The first kappa shape index (κ1) is 6.33. The van der Waals surface area contributed by atoms with Crippen LogP contribution in [0.3, 0.4) is 0 Å². The summed E-state index contributed by atoms with van der Waals surface area (Å²) in [4.78, 5) is 0. The molecule has 1 rings (SSSR count). The standard InChI is InChI=1S/B5H5O3/c1-4-6-3-7-5(2)8-4/h3H,1-2H2. The van der Waals surface area contributed by atoms with Gasteiger partial charge in [-0.25, -0.2) is 0 Å². The summed E-state index contributed by atoms with van der Waals surface area (Å²) in [5.41, 5.74) is 0. The highest BCUT2D eigenvalue weighted by atomic mass is 16.7. The molecule has 0 spiro atoms. The Morgan fingerprint density at radius 1 is 1.12 bits per heavy atom. The molecule has 0 radical (unpaired) electrons. The normalized spacial score (nSPS) is 20.5. The van der Waals surface area contributed by atoms with Crippen LogP contribution < -0.4 is 0 Å². The minimum absolute atomic E-state index is 0.112. The monoisotopic (exact) mass is 108 g/mol. The van der Waals surface area contributed by atoms with Gasteiger partial charge in [-0.2, -0.15) is 0 Å². The molecule has 0 bridgehead atoms. The number of hydrogen-bond donors (Lipinski definition) is 0. The van der Waals surface area contributed by atoms with Crippen molar-refractivity contribution in [3.63, 3.8) is 0 Å². The molecular weight excluding hydrogens is 102 g/mol. The Bertz CT molecular complexity index is 66.1. The lowest BCUT2D eigenvalue weighted by molar-refractivity contribution is 0.332. The van der Waals surface area contributed by atoms with Gasteiger partial charge in [0.1, 0.15) is 15.5 Å². The zero-order valence-corrected chi connectivity index (χ0v) is 5.09. The smallest absolute Gasteiger partial charge is 0.409 e. The van der Waals surface area contributed by atoms with E-state index in [1.165, 1.54) is 0 Å². The molecule has 3 nitrogen and oxygen atoms in total. The van der Waals surface area contributed by atoms with Crippen LogP contribution in [-0.2, 0) is 13.7 Å². The molecule has 0 aromatic rings. The zero-order chi connectivity index (χ0) is 5.98. The second-order valence-corrected chi connectivity index (χ2v) is 1.72. The second kappa shape index (κ2) is 2.66. The van der Waals surface area contributed by atoms with Gasteiger partial charge in [0.2, 0.25) is 0 Å². The van der Waals surface area contributed by atoms with E-state index in [1.807, 2.05) is 15.5 Å². The molecule has 8 heteroatoms. The van der Waals surface area contributed by atoms with E-state index in [4.69, 9.17) is 13.7 Å². The lowest BCUT2D eigenvalue weighted by atomic mass is 9.52. The van der Waals surface area contributed by atoms with Crippen molar-refractivity contribution < 1.29 is 13.7 Å². The van der Waals surface area contributed by atoms with Crippen LogP contribution in [0.5, 0.6) is 0 Å². The van der Waals surface area contributed by atoms with Gasteiger partial charge >= 0.3 is 21.7 Å². The molecule has 0 amide bonds. The highest BCUT2D eigenvalue weighted by Gasteiger charge is 2.23. The molecule has 1 aliphatic rings. The van der Waals surface area contributed by atoms with Gasteiger partial charge in [-0.3, -0.25) is 0 Å². The SMILES string of the molecule is BB1OBOB(B)O1. The van der Waals surface area contributed by atoms with Crippen LogP contribution in [0.1, 0.15) is 0 Å². The van der Waals surface area contributed by atoms with Crippen LogP contribution in [0.4, 0.5) is 0 Å². The zero-order valence-electron chi connectivity index (χ0n) is 5.09. The molecule has 38 valence electrons. The topological polar surface area (TPSA) is 27.7 Å². The Morgan fingerprint density at radius 2 is 1.62 bits per heavy atom. The summed E-state index contributed by atoms with van der Waals surface area (Å²) in [6, 6.07) is 0. The van der Waals surface area contributed by atoms with E-state index >= 15 is 0 Å². The van der Waals surface area contributed by atoms with E-state index in [-0.39, 0.29) is 14.0 Å². The van der Waals surface area contributed by atoms with Crippen molar-refractivity contribution in [1.29, 1.82) is 0 Å². The van der Waals surface area contributed by atoms with E-state index in [2.05, 4.69) is 0 Å². The first-order chi connectivity index (χ1) is 3.79. The Morgan fingerprint density at radius 3 is 1.88 bits per heavy atom. The first-order valence-electron chi connectivity index (χ1n) is 2.67. The van der Waals surface area contributed by atoms with Gasteiger partial charge in [0, 0.05) is 0 Å². The molecule has 0 N–H and O–H groups in total. The summed E-state index contributed by atoms with van der Waals surface area (Å²) in [7, 11) is 3.82. The Kier molecular flexibility index (Phi) is 2.11. The minimum atomic E-state index is -0.112. The summed E-state index contributed by atoms with van der Waals surface area (Å²) < 4.78 is 14.8. The fraction of sp³-hybridized carbons (Fsp3) is 0. The Balaban J connectivity index is 2.23. The Hall–Kier alpha value is 0.205. The maximum Gasteiger partial charge on any atom is 0.409 e. The molecule has 0 atom stereocenters. The van der Waals surface area contributed by atoms with Crippen molar-refractivity contribution in [2.75, 3.05) is 0 Å². The maximum atomic E-state index is 5.04. The Labute approximate surface area is 51.8 Å². The molecule has 1 saturated heterocycles. The van der Waals surface area contributed by atoms with Crippen molar-refractivity contribution >= 4 is 37.2 Å². The molecule has 1 fully saturated rings. The predicted molar refractivity (Wildman–Crippen MR) is 39.0 cm³/mol. The van der Waals surface area contributed by atoms with Gasteiger partial charge in [0.05, 0.1) is 0 Å². The van der Waals surface area contributed by atoms with Gasteiger partial charge in [0.15, 0.2) is 0 Å². The molecule has 0 unspecified atom stereocenters. The summed E-state index contributed by atoms with van der Waals surface area (Å²) >= 11 is 0. The average molecular weight is 107 g/mol. The third-order valence-corrected chi connectivity index (χ3v) is 0.989. The molecule has 1 heterocycles. The predicted octanol–water partition coefficient (Wildman–Crippen LogP) is -3.45. The van der Waals surface area contributed by atoms with Crippen molar-refractivity contribution in [3.05, 3.63) is 0 Å². The quantitative estimate of drug-likeness (QED) is 0.301. The summed E-state index contributed by atoms with van der Waals surface area (Å²) in [6.45, 7) is 0. The van der Waals surface area contributed by atoms with Crippen molar-refractivity contribution in [3.8, 4) is 0 Å². The van der Waals surface area contributed by atoms with Crippen molar-refractivity contribution in [1.82, 2.24) is 0 Å². The van der Waals surface area contributed by atoms with Crippen LogP contribution >= 0.6 is 0 Å². The molecular formula is H5B5O3.